The largest absolute Gasteiger partial charge is 0.483 e. The molecule has 0 aliphatic rings. The molecule has 0 heterocycles. The van der Waals surface area contributed by atoms with Gasteiger partial charge in [0.05, 0.1) is 10.0 Å². The molecule has 2 aromatic rings. The van der Waals surface area contributed by atoms with Crippen LogP contribution in [0.4, 0.5) is 0 Å². The van der Waals surface area contributed by atoms with Crippen LogP contribution < -0.4 is 10.5 Å². The fraction of sp³-hybridized carbons (Fsp3) is 0.143. The second kappa shape index (κ2) is 7.01. The minimum absolute atomic E-state index is 0.296. The van der Waals surface area contributed by atoms with Gasteiger partial charge in [0.1, 0.15) is 11.9 Å². The van der Waals surface area contributed by atoms with Crippen molar-refractivity contribution in [1.82, 2.24) is 0 Å². The minimum Gasteiger partial charge on any atom is -0.483 e. The Morgan fingerprint density at radius 3 is 2.50 bits per heavy atom. The van der Waals surface area contributed by atoms with Crippen molar-refractivity contribution in [3.8, 4) is 5.75 Å². The molecule has 2 N–H and O–H groups in total. The Kier molecular flexibility index (Phi) is 5.58. The molecular weight excluding hydrogens is 384 g/mol. The van der Waals surface area contributed by atoms with Crippen molar-refractivity contribution in [1.29, 1.82) is 0 Å². The van der Waals surface area contributed by atoms with E-state index in [1.807, 2.05) is 18.2 Å². The van der Waals surface area contributed by atoms with E-state index < -0.39 is 0 Å². The second-order valence-corrected chi connectivity index (χ2v) is 6.20. The number of nitrogens with two attached hydrogens (primary N) is 1. The summed E-state index contributed by atoms with van der Waals surface area (Å²) in [6.45, 7) is 0.296. The smallest absolute Gasteiger partial charge is 0.140 e. The zero-order valence-electron chi connectivity index (χ0n) is 10.2. The molecule has 0 saturated carbocycles. The quantitative estimate of drug-likeness (QED) is 0.695. The van der Waals surface area contributed by atoms with Gasteiger partial charge in [-0.15, -0.1) is 0 Å². The Labute approximate surface area is 140 Å². The maximum absolute atomic E-state index is 6.14. The molecule has 0 aromatic heterocycles. The molecule has 0 bridgehead atoms. The van der Waals surface area contributed by atoms with Crippen LogP contribution >= 0.6 is 50.7 Å². The first-order valence-corrected chi connectivity index (χ1v) is 7.70. The van der Waals surface area contributed by atoms with E-state index in [0.717, 1.165) is 5.56 Å². The van der Waals surface area contributed by atoms with Crippen LogP contribution in [-0.4, -0.2) is 6.54 Å². The average molecular weight is 396 g/mol. The molecular formula is C14H11BrCl3NO. The maximum atomic E-state index is 6.14. The zero-order chi connectivity index (χ0) is 14.7. The molecule has 1 atom stereocenters. The number of ether oxygens (including phenoxy) is 1. The molecule has 0 saturated heterocycles. The lowest BCUT2D eigenvalue weighted by molar-refractivity contribution is 0.214. The van der Waals surface area contributed by atoms with Crippen LogP contribution in [-0.2, 0) is 0 Å². The number of hydrogen-bond donors (Lipinski definition) is 1. The van der Waals surface area contributed by atoms with Crippen LogP contribution in [0.25, 0.3) is 0 Å². The van der Waals surface area contributed by atoms with Crippen molar-refractivity contribution < 1.29 is 4.74 Å². The standard InChI is InChI=1S/C14H11BrCl3NO/c15-10-5-12(18)13(6-11(10)17)20-14(7-19)8-2-1-3-9(16)4-8/h1-6,14H,7,19H2. The SMILES string of the molecule is NCC(Oc1cc(Cl)c(Br)cc1Cl)c1cccc(Cl)c1. The van der Waals surface area contributed by atoms with Crippen LogP contribution in [0.15, 0.2) is 40.9 Å². The fourth-order valence-electron chi connectivity index (χ4n) is 1.71. The van der Waals surface area contributed by atoms with E-state index in [1.165, 1.54) is 0 Å². The third-order valence-corrected chi connectivity index (χ3v) is 4.41. The summed E-state index contributed by atoms with van der Waals surface area (Å²) < 4.78 is 6.56. The Morgan fingerprint density at radius 2 is 1.85 bits per heavy atom. The van der Waals surface area contributed by atoms with E-state index in [2.05, 4.69) is 15.9 Å². The molecule has 2 nitrogen and oxygen atoms in total. The Balaban J connectivity index is 2.29. The van der Waals surface area contributed by atoms with Gasteiger partial charge in [0, 0.05) is 22.1 Å². The van der Waals surface area contributed by atoms with E-state index >= 15 is 0 Å². The van der Waals surface area contributed by atoms with E-state index in [0.29, 0.717) is 31.8 Å². The summed E-state index contributed by atoms with van der Waals surface area (Å²) in [5.41, 5.74) is 6.65. The minimum atomic E-state index is -0.344. The predicted molar refractivity (Wildman–Crippen MR) is 88.0 cm³/mol. The van der Waals surface area contributed by atoms with E-state index in [-0.39, 0.29) is 6.10 Å². The molecule has 0 spiro atoms. The topological polar surface area (TPSA) is 35.2 Å². The summed E-state index contributed by atoms with van der Waals surface area (Å²) in [6.07, 6.45) is -0.344. The van der Waals surface area contributed by atoms with Gasteiger partial charge in [-0.3, -0.25) is 0 Å². The van der Waals surface area contributed by atoms with Gasteiger partial charge in [0.25, 0.3) is 0 Å². The van der Waals surface area contributed by atoms with Gasteiger partial charge in [0.2, 0.25) is 0 Å². The molecule has 1 unspecified atom stereocenters. The second-order valence-electron chi connectivity index (χ2n) is 4.09. The molecule has 6 heteroatoms. The Bertz CT molecular complexity index is 621. The van der Waals surface area contributed by atoms with Gasteiger partial charge in [-0.05, 0) is 39.7 Å². The highest BCUT2D eigenvalue weighted by atomic mass is 79.9. The molecule has 0 amide bonds. The van der Waals surface area contributed by atoms with Crippen LogP contribution in [0.5, 0.6) is 5.75 Å². The molecule has 0 aliphatic carbocycles. The summed E-state index contributed by atoms with van der Waals surface area (Å²) in [6, 6.07) is 10.7. The monoisotopic (exact) mass is 393 g/mol. The van der Waals surface area contributed by atoms with Gasteiger partial charge < -0.3 is 10.5 Å². The van der Waals surface area contributed by atoms with E-state index in [1.54, 1.807) is 18.2 Å². The highest BCUT2D eigenvalue weighted by Gasteiger charge is 2.15. The van der Waals surface area contributed by atoms with Gasteiger partial charge in [-0.25, -0.2) is 0 Å². The first kappa shape index (κ1) is 15.9. The van der Waals surface area contributed by atoms with Gasteiger partial charge in [0.15, 0.2) is 0 Å². The highest BCUT2D eigenvalue weighted by Crippen LogP contribution is 2.36. The van der Waals surface area contributed by atoms with Crippen molar-refractivity contribution in [2.24, 2.45) is 5.73 Å². The van der Waals surface area contributed by atoms with Gasteiger partial charge in [-0.1, -0.05) is 46.9 Å². The number of benzene rings is 2. The molecule has 2 rings (SSSR count). The van der Waals surface area contributed by atoms with Crippen LogP contribution in [0.2, 0.25) is 15.1 Å². The predicted octanol–water partition coefficient (Wildman–Crippen LogP) is 5.49. The molecule has 0 radical (unpaired) electrons. The van der Waals surface area contributed by atoms with Crippen LogP contribution in [0.1, 0.15) is 11.7 Å². The van der Waals surface area contributed by atoms with Gasteiger partial charge in [-0.2, -0.15) is 0 Å². The Hall–Kier alpha value is -0.450. The van der Waals surface area contributed by atoms with Crippen molar-refractivity contribution in [2.75, 3.05) is 6.54 Å². The van der Waals surface area contributed by atoms with Gasteiger partial charge >= 0.3 is 0 Å². The summed E-state index contributed by atoms with van der Waals surface area (Å²) >= 11 is 21.5. The summed E-state index contributed by atoms with van der Waals surface area (Å²) in [5, 5.41) is 1.61. The number of rotatable bonds is 4. The van der Waals surface area contributed by atoms with Crippen molar-refractivity contribution in [3.05, 3.63) is 61.5 Å². The zero-order valence-corrected chi connectivity index (χ0v) is 14.1. The lowest BCUT2D eigenvalue weighted by Gasteiger charge is -2.19. The molecule has 20 heavy (non-hydrogen) atoms. The van der Waals surface area contributed by atoms with Crippen molar-refractivity contribution in [2.45, 2.75) is 6.10 Å². The maximum Gasteiger partial charge on any atom is 0.140 e. The van der Waals surface area contributed by atoms with Crippen molar-refractivity contribution >= 4 is 50.7 Å². The summed E-state index contributed by atoms with van der Waals surface area (Å²) in [7, 11) is 0. The summed E-state index contributed by atoms with van der Waals surface area (Å²) in [4.78, 5) is 0. The third kappa shape index (κ3) is 3.80. The first-order valence-electron chi connectivity index (χ1n) is 5.78. The third-order valence-electron chi connectivity index (χ3n) is 2.68. The molecule has 2 aromatic carbocycles. The highest BCUT2D eigenvalue weighted by molar-refractivity contribution is 9.10. The lowest BCUT2D eigenvalue weighted by Crippen LogP contribution is -2.18. The molecule has 0 aliphatic heterocycles. The van der Waals surface area contributed by atoms with E-state index in [9.17, 15) is 0 Å². The summed E-state index contributed by atoms with van der Waals surface area (Å²) in [5.74, 6) is 0.482. The Morgan fingerprint density at radius 1 is 1.10 bits per heavy atom. The number of hydrogen-bond acceptors (Lipinski definition) is 2. The normalized spacial score (nSPS) is 12.2. The average Bonchev–Trinajstić information content (AvgIpc) is 2.41. The number of halogens is 4. The molecule has 0 fully saturated rings. The first-order chi connectivity index (χ1) is 9.51. The van der Waals surface area contributed by atoms with Crippen LogP contribution in [0.3, 0.4) is 0 Å². The molecule has 106 valence electrons. The lowest BCUT2D eigenvalue weighted by atomic mass is 10.1. The fourth-order valence-corrected chi connectivity index (χ4v) is 2.74. The van der Waals surface area contributed by atoms with E-state index in [4.69, 9.17) is 45.3 Å². The van der Waals surface area contributed by atoms with Crippen molar-refractivity contribution in [3.63, 3.8) is 0 Å². The van der Waals surface area contributed by atoms with Crippen LogP contribution in [0, 0.1) is 0 Å².